The van der Waals surface area contributed by atoms with Gasteiger partial charge in [-0.1, -0.05) is 11.6 Å². The molecule has 0 bridgehead atoms. The molecule has 0 saturated carbocycles. The van der Waals surface area contributed by atoms with E-state index in [4.69, 9.17) is 17.3 Å². The zero-order valence-electron chi connectivity index (χ0n) is 7.53. The van der Waals surface area contributed by atoms with Gasteiger partial charge < -0.3 is 11.1 Å². The molecule has 1 aromatic heterocycles. The van der Waals surface area contributed by atoms with Crippen molar-refractivity contribution in [1.82, 2.24) is 9.97 Å². The zero-order valence-corrected chi connectivity index (χ0v) is 9.11. The molecule has 1 aliphatic rings. The minimum atomic E-state index is 0.313. The Balaban J connectivity index is 2.11. The van der Waals surface area contributed by atoms with E-state index in [1.54, 1.807) is 0 Å². The Labute approximate surface area is 91.6 Å². The van der Waals surface area contributed by atoms with E-state index < -0.39 is 0 Å². The Morgan fingerprint density at radius 1 is 1.57 bits per heavy atom. The van der Waals surface area contributed by atoms with Gasteiger partial charge in [0.05, 0.1) is 0 Å². The molecule has 1 atom stereocenters. The first-order chi connectivity index (χ1) is 6.77. The molecule has 3 N–H and O–H groups in total. The minimum Gasteiger partial charge on any atom is -0.393 e. The number of nitrogen functional groups attached to an aromatic ring is 1. The number of nitrogens with one attached hydrogen (secondary N) is 1. The van der Waals surface area contributed by atoms with Gasteiger partial charge in [-0.15, -0.1) is 0 Å². The molecule has 14 heavy (non-hydrogen) atoms. The molecular weight excluding hydrogens is 220 g/mol. The van der Waals surface area contributed by atoms with Gasteiger partial charge in [-0.05, 0) is 12.2 Å². The SMILES string of the molecule is Nc1c(Cl)ncnc1NC1CCSC1. The van der Waals surface area contributed by atoms with E-state index in [2.05, 4.69) is 15.3 Å². The zero-order chi connectivity index (χ0) is 9.97. The lowest BCUT2D eigenvalue weighted by atomic mass is 10.2. The molecule has 0 radical (unpaired) electrons. The Morgan fingerprint density at radius 3 is 3.14 bits per heavy atom. The van der Waals surface area contributed by atoms with Gasteiger partial charge in [0.1, 0.15) is 12.0 Å². The summed E-state index contributed by atoms with van der Waals surface area (Å²) in [5.41, 5.74) is 6.17. The van der Waals surface area contributed by atoms with Crippen LogP contribution in [0, 0.1) is 0 Å². The van der Waals surface area contributed by atoms with E-state index in [1.165, 1.54) is 12.1 Å². The first kappa shape index (κ1) is 9.86. The number of nitrogens with two attached hydrogens (primary N) is 1. The maximum Gasteiger partial charge on any atom is 0.157 e. The Kier molecular flexibility index (Phi) is 2.98. The number of hydrogen-bond acceptors (Lipinski definition) is 5. The average Bonchev–Trinajstić information content (AvgIpc) is 2.66. The summed E-state index contributed by atoms with van der Waals surface area (Å²) < 4.78 is 0. The molecule has 2 heterocycles. The van der Waals surface area contributed by atoms with Crippen molar-refractivity contribution in [2.45, 2.75) is 12.5 Å². The summed E-state index contributed by atoms with van der Waals surface area (Å²) in [6.45, 7) is 0. The molecule has 76 valence electrons. The maximum atomic E-state index is 5.78. The van der Waals surface area contributed by atoms with Crippen LogP contribution in [0.2, 0.25) is 5.15 Å². The molecule has 0 aromatic carbocycles. The Hall–Kier alpha value is -0.680. The fraction of sp³-hybridized carbons (Fsp3) is 0.500. The lowest BCUT2D eigenvalue weighted by Crippen LogP contribution is -2.20. The molecule has 1 unspecified atom stereocenters. The van der Waals surface area contributed by atoms with Crippen molar-refractivity contribution in [3.8, 4) is 0 Å². The maximum absolute atomic E-state index is 5.78. The van der Waals surface area contributed by atoms with E-state index in [9.17, 15) is 0 Å². The molecule has 0 spiro atoms. The highest BCUT2D eigenvalue weighted by Gasteiger charge is 2.17. The van der Waals surface area contributed by atoms with E-state index in [-0.39, 0.29) is 0 Å². The molecular formula is C8H11ClN4S. The minimum absolute atomic E-state index is 0.313. The fourth-order valence-corrected chi connectivity index (χ4v) is 2.62. The van der Waals surface area contributed by atoms with Crippen LogP contribution in [0.5, 0.6) is 0 Å². The van der Waals surface area contributed by atoms with Crippen molar-refractivity contribution < 1.29 is 0 Å². The molecule has 1 fully saturated rings. The van der Waals surface area contributed by atoms with Crippen molar-refractivity contribution in [2.75, 3.05) is 22.6 Å². The van der Waals surface area contributed by atoms with Gasteiger partial charge in [-0.25, -0.2) is 9.97 Å². The van der Waals surface area contributed by atoms with E-state index >= 15 is 0 Å². The number of nitrogens with zero attached hydrogens (tertiary/aromatic N) is 2. The lowest BCUT2D eigenvalue weighted by molar-refractivity contribution is 0.806. The third kappa shape index (κ3) is 2.04. The summed E-state index contributed by atoms with van der Waals surface area (Å²) in [4.78, 5) is 7.86. The molecule has 1 saturated heterocycles. The number of hydrogen-bond donors (Lipinski definition) is 2. The number of halogens is 1. The second-order valence-electron chi connectivity index (χ2n) is 3.13. The van der Waals surface area contributed by atoms with Crippen LogP contribution in [0.4, 0.5) is 11.5 Å². The molecule has 1 aromatic rings. The molecule has 4 nitrogen and oxygen atoms in total. The van der Waals surface area contributed by atoms with Crippen molar-refractivity contribution in [3.05, 3.63) is 11.5 Å². The topological polar surface area (TPSA) is 63.8 Å². The number of thioether (sulfide) groups is 1. The van der Waals surface area contributed by atoms with Gasteiger partial charge >= 0.3 is 0 Å². The highest BCUT2D eigenvalue weighted by molar-refractivity contribution is 7.99. The van der Waals surface area contributed by atoms with Crippen LogP contribution < -0.4 is 11.1 Å². The van der Waals surface area contributed by atoms with Gasteiger partial charge in [0, 0.05) is 11.8 Å². The third-order valence-electron chi connectivity index (χ3n) is 2.11. The van der Waals surface area contributed by atoms with Crippen molar-refractivity contribution in [2.24, 2.45) is 0 Å². The second-order valence-corrected chi connectivity index (χ2v) is 4.64. The van der Waals surface area contributed by atoms with Gasteiger partial charge in [0.25, 0.3) is 0 Å². The van der Waals surface area contributed by atoms with Gasteiger partial charge in [-0.2, -0.15) is 11.8 Å². The third-order valence-corrected chi connectivity index (χ3v) is 3.57. The fourth-order valence-electron chi connectivity index (χ4n) is 1.33. The predicted octanol–water partition coefficient (Wildman–Crippen LogP) is 1.63. The van der Waals surface area contributed by atoms with E-state index in [0.717, 1.165) is 12.2 Å². The van der Waals surface area contributed by atoms with Crippen molar-refractivity contribution in [3.63, 3.8) is 0 Å². The monoisotopic (exact) mass is 230 g/mol. The largest absolute Gasteiger partial charge is 0.393 e. The average molecular weight is 231 g/mol. The van der Waals surface area contributed by atoms with Crippen LogP contribution in [0.3, 0.4) is 0 Å². The molecule has 1 aliphatic heterocycles. The van der Waals surface area contributed by atoms with Crippen LogP contribution in [0.1, 0.15) is 6.42 Å². The normalized spacial score (nSPS) is 21.1. The highest BCUT2D eigenvalue weighted by atomic mass is 35.5. The molecule has 0 amide bonds. The number of anilines is 2. The molecule has 2 rings (SSSR count). The van der Waals surface area contributed by atoms with Crippen LogP contribution in [-0.2, 0) is 0 Å². The quantitative estimate of drug-likeness (QED) is 0.757. The smallest absolute Gasteiger partial charge is 0.157 e. The van der Waals surface area contributed by atoms with Crippen LogP contribution in [-0.4, -0.2) is 27.5 Å². The first-order valence-electron chi connectivity index (χ1n) is 4.37. The Bertz CT molecular complexity index is 327. The van der Waals surface area contributed by atoms with Crippen molar-refractivity contribution in [1.29, 1.82) is 0 Å². The second kappa shape index (κ2) is 4.23. The summed E-state index contributed by atoms with van der Waals surface area (Å²) in [6.07, 6.45) is 2.56. The van der Waals surface area contributed by atoms with Gasteiger partial charge in [0.15, 0.2) is 11.0 Å². The van der Waals surface area contributed by atoms with E-state index in [0.29, 0.717) is 22.7 Å². The lowest BCUT2D eigenvalue weighted by Gasteiger charge is -2.13. The van der Waals surface area contributed by atoms with E-state index in [1.807, 2.05) is 11.8 Å². The summed E-state index contributed by atoms with van der Waals surface area (Å²) >= 11 is 7.71. The predicted molar refractivity (Wildman–Crippen MR) is 60.8 cm³/mol. The van der Waals surface area contributed by atoms with Gasteiger partial charge in [0.2, 0.25) is 0 Å². The first-order valence-corrected chi connectivity index (χ1v) is 5.91. The molecule has 6 heteroatoms. The van der Waals surface area contributed by atoms with Crippen LogP contribution in [0.15, 0.2) is 6.33 Å². The summed E-state index contributed by atoms with van der Waals surface area (Å²) in [5.74, 6) is 2.94. The summed E-state index contributed by atoms with van der Waals surface area (Å²) in [5, 5.41) is 3.58. The van der Waals surface area contributed by atoms with Crippen molar-refractivity contribution >= 4 is 34.9 Å². The summed E-state index contributed by atoms with van der Waals surface area (Å²) in [7, 11) is 0. The Morgan fingerprint density at radius 2 is 2.43 bits per heavy atom. The highest BCUT2D eigenvalue weighted by Crippen LogP contribution is 2.26. The molecule has 0 aliphatic carbocycles. The van der Waals surface area contributed by atoms with Crippen LogP contribution in [0.25, 0.3) is 0 Å². The standard InChI is InChI=1S/C8H11ClN4S/c9-7-6(10)8(12-4-11-7)13-5-1-2-14-3-5/h4-5H,1-3,10H2,(H,11,12,13). The number of rotatable bonds is 2. The van der Waals surface area contributed by atoms with Crippen LogP contribution >= 0.6 is 23.4 Å². The van der Waals surface area contributed by atoms with Gasteiger partial charge in [-0.3, -0.25) is 0 Å². The number of aromatic nitrogens is 2. The summed E-state index contributed by atoms with van der Waals surface area (Å²) in [6, 6.07) is 0.452.